The molecule has 2 unspecified atom stereocenters. The normalized spacial score (nSPS) is 24.0. The second-order valence-electron chi connectivity index (χ2n) is 5.40. The highest BCUT2D eigenvalue weighted by atomic mass is 19.4. The molecule has 2 atom stereocenters. The van der Waals surface area contributed by atoms with Crippen molar-refractivity contribution in [3.8, 4) is 0 Å². The van der Waals surface area contributed by atoms with Gasteiger partial charge in [0, 0.05) is 25.3 Å². The molecule has 0 saturated carbocycles. The van der Waals surface area contributed by atoms with Crippen LogP contribution in [0.25, 0.3) is 0 Å². The van der Waals surface area contributed by atoms with E-state index in [0.29, 0.717) is 11.8 Å². The number of rotatable bonds is 2. The Kier molecular flexibility index (Phi) is 3.76. The first-order valence-corrected chi connectivity index (χ1v) is 6.48. The lowest BCUT2D eigenvalue weighted by Gasteiger charge is -2.21. The summed E-state index contributed by atoms with van der Waals surface area (Å²) >= 11 is 0. The number of nitrogens with zero attached hydrogens (tertiary/aromatic N) is 1. The molecule has 5 heteroatoms. The molecule has 2 N–H and O–H groups in total. The monoisotopic (exact) mass is 272 g/mol. The number of hydrogen-bond donors (Lipinski definition) is 1. The SMILES string of the molecule is CC1CN(c2ccc(C(F)(F)F)c(CN)c2)CC1C. The van der Waals surface area contributed by atoms with Crippen molar-refractivity contribution in [3.05, 3.63) is 29.3 Å². The van der Waals surface area contributed by atoms with Gasteiger partial charge in [-0.2, -0.15) is 13.2 Å². The number of nitrogens with two attached hydrogens (primary N) is 1. The minimum Gasteiger partial charge on any atom is -0.371 e. The maximum atomic E-state index is 12.8. The van der Waals surface area contributed by atoms with Gasteiger partial charge < -0.3 is 10.6 Å². The Morgan fingerprint density at radius 1 is 1.21 bits per heavy atom. The number of hydrogen-bond acceptors (Lipinski definition) is 2. The van der Waals surface area contributed by atoms with Gasteiger partial charge in [0.25, 0.3) is 0 Å². The predicted molar refractivity (Wildman–Crippen MR) is 69.9 cm³/mol. The molecule has 0 radical (unpaired) electrons. The van der Waals surface area contributed by atoms with Gasteiger partial charge in [-0.05, 0) is 35.6 Å². The summed E-state index contributed by atoms with van der Waals surface area (Å²) in [7, 11) is 0. The Balaban J connectivity index is 2.30. The van der Waals surface area contributed by atoms with Crippen molar-refractivity contribution >= 4 is 5.69 Å². The number of alkyl halides is 3. The van der Waals surface area contributed by atoms with Gasteiger partial charge in [0.1, 0.15) is 0 Å². The zero-order chi connectivity index (χ0) is 14.2. The summed E-state index contributed by atoms with van der Waals surface area (Å²) in [6, 6.07) is 4.27. The van der Waals surface area contributed by atoms with E-state index in [2.05, 4.69) is 18.7 Å². The molecule has 0 aromatic heterocycles. The third kappa shape index (κ3) is 2.86. The van der Waals surface area contributed by atoms with Crippen molar-refractivity contribution in [2.45, 2.75) is 26.6 Å². The molecule has 0 amide bonds. The van der Waals surface area contributed by atoms with Crippen molar-refractivity contribution < 1.29 is 13.2 Å². The summed E-state index contributed by atoms with van der Waals surface area (Å²) in [6.45, 7) is 6.01. The van der Waals surface area contributed by atoms with Crippen molar-refractivity contribution in [2.24, 2.45) is 17.6 Å². The van der Waals surface area contributed by atoms with Gasteiger partial charge in [0.15, 0.2) is 0 Å². The van der Waals surface area contributed by atoms with Gasteiger partial charge in [-0.15, -0.1) is 0 Å². The van der Waals surface area contributed by atoms with Gasteiger partial charge in [0.2, 0.25) is 0 Å². The highest BCUT2D eigenvalue weighted by Crippen LogP contribution is 2.35. The van der Waals surface area contributed by atoms with E-state index in [1.54, 1.807) is 12.1 Å². The first kappa shape index (κ1) is 14.2. The molecule has 106 valence electrons. The topological polar surface area (TPSA) is 29.3 Å². The van der Waals surface area contributed by atoms with Crippen LogP contribution in [0.1, 0.15) is 25.0 Å². The quantitative estimate of drug-likeness (QED) is 0.895. The Hall–Kier alpha value is -1.23. The second kappa shape index (κ2) is 5.04. The van der Waals surface area contributed by atoms with Crippen molar-refractivity contribution in [2.75, 3.05) is 18.0 Å². The van der Waals surface area contributed by atoms with Crippen LogP contribution < -0.4 is 10.6 Å². The Labute approximate surface area is 111 Å². The predicted octanol–water partition coefficient (Wildman–Crippen LogP) is 3.26. The summed E-state index contributed by atoms with van der Waals surface area (Å²) in [5, 5.41) is 0. The fourth-order valence-electron chi connectivity index (χ4n) is 2.56. The van der Waals surface area contributed by atoms with E-state index < -0.39 is 11.7 Å². The third-order valence-corrected chi connectivity index (χ3v) is 3.97. The molecule has 19 heavy (non-hydrogen) atoms. The Bertz CT molecular complexity index is 446. The summed E-state index contributed by atoms with van der Waals surface area (Å²) in [4.78, 5) is 2.13. The zero-order valence-corrected chi connectivity index (χ0v) is 11.2. The zero-order valence-electron chi connectivity index (χ0n) is 11.2. The van der Waals surface area contributed by atoms with Crippen LogP contribution in [0.5, 0.6) is 0 Å². The standard InChI is InChI=1S/C14H19F3N2/c1-9-7-19(8-10(9)2)12-3-4-13(14(15,16)17)11(5-12)6-18/h3-5,9-10H,6-8,18H2,1-2H3. The second-order valence-corrected chi connectivity index (χ2v) is 5.40. The van der Waals surface area contributed by atoms with Crippen molar-refractivity contribution in [3.63, 3.8) is 0 Å². The van der Waals surface area contributed by atoms with Crippen LogP contribution in [-0.4, -0.2) is 13.1 Å². The molecule has 0 aliphatic carbocycles. The molecule has 2 nitrogen and oxygen atoms in total. The van der Waals surface area contributed by atoms with Gasteiger partial charge >= 0.3 is 6.18 Å². The van der Waals surface area contributed by atoms with E-state index in [1.165, 1.54) is 0 Å². The van der Waals surface area contributed by atoms with Gasteiger partial charge in [-0.3, -0.25) is 0 Å². The maximum absolute atomic E-state index is 12.8. The molecule has 0 spiro atoms. The third-order valence-electron chi connectivity index (χ3n) is 3.97. The fourth-order valence-corrected chi connectivity index (χ4v) is 2.56. The van der Waals surface area contributed by atoms with E-state index in [4.69, 9.17) is 5.73 Å². The lowest BCUT2D eigenvalue weighted by Crippen LogP contribution is -2.21. The molecule has 2 rings (SSSR count). The van der Waals surface area contributed by atoms with Crippen LogP contribution in [0.4, 0.5) is 18.9 Å². The van der Waals surface area contributed by atoms with Gasteiger partial charge in [-0.1, -0.05) is 13.8 Å². The van der Waals surface area contributed by atoms with Crippen LogP contribution in [0, 0.1) is 11.8 Å². The van der Waals surface area contributed by atoms with E-state index in [9.17, 15) is 13.2 Å². The minimum absolute atomic E-state index is 0.0956. The summed E-state index contributed by atoms with van der Waals surface area (Å²) in [6.07, 6.45) is -4.33. The fraction of sp³-hybridized carbons (Fsp3) is 0.571. The number of halogens is 3. The molecule has 1 heterocycles. The van der Waals surface area contributed by atoms with Crippen LogP contribution >= 0.6 is 0 Å². The lowest BCUT2D eigenvalue weighted by atomic mass is 10.0. The largest absolute Gasteiger partial charge is 0.416 e. The number of anilines is 1. The van der Waals surface area contributed by atoms with Crippen LogP contribution in [0.15, 0.2) is 18.2 Å². The van der Waals surface area contributed by atoms with E-state index >= 15 is 0 Å². The smallest absolute Gasteiger partial charge is 0.371 e. The minimum atomic E-state index is -4.33. The maximum Gasteiger partial charge on any atom is 0.416 e. The van der Waals surface area contributed by atoms with E-state index in [0.717, 1.165) is 24.8 Å². The molecule has 1 aromatic carbocycles. The Morgan fingerprint density at radius 2 is 1.79 bits per heavy atom. The molecule has 1 aliphatic heterocycles. The van der Waals surface area contributed by atoms with Gasteiger partial charge in [-0.25, -0.2) is 0 Å². The first-order chi connectivity index (χ1) is 8.82. The van der Waals surface area contributed by atoms with Crippen molar-refractivity contribution in [1.82, 2.24) is 0 Å². The molecule has 1 fully saturated rings. The molecule has 1 saturated heterocycles. The summed E-state index contributed by atoms with van der Waals surface area (Å²) in [5.74, 6) is 1.12. The van der Waals surface area contributed by atoms with Gasteiger partial charge in [0.05, 0.1) is 5.56 Å². The number of benzene rings is 1. The highest BCUT2D eigenvalue weighted by molar-refractivity contribution is 5.52. The molecule has 1 aliphatic rings. The first-order valence-electron chi connectivity index (χ1n) is 6.48. The van der Waals surface area contributed by atoms with E-state index in [-0.39, 0.29) is 12.1 Å². The summed E-state index contributed by atoms with van der Waals surface area (Å²) in [5.41, 5.74) is 5.83. The van der Waals surface area contributed by atoms with Crippen LogP contribution in [-0.2, 0) is 12.7 Å². The Morgan fingerprint density at radius 3 is 2.26 bits per heavy atom. The molecular formula is C14H19F3N2. The van der Waals surface area contributed by atoms with E-state index in [1.807, 2.05) is 0 Å². The summed E-state index contributed by atoms with van der Waals surface area (Å²) < 4.78 is 38.4. The highest BCUT2D eigenvalue weighted by Gasteiger charge is 2.34. The molecular weight excluding hydrogens is 253 g/mol. The van der Waals surface area contributed by atoms with Crippen LogP contribution in [0.3, 0.4) is 0 Å². The van der Waals surface area contributed by atoms with Crippen molar-refractivity contribution in [1.29, 1.82) is 0 Å². The lowest BCUT2D eigenvalue weighted by molar-refractivity contribution is -0.138. The van der Waals surface area contributed by atoms with Crippen LogP contribution in [0.2, 0.25) is 0 Å². The average molecular weight is 272 g/mol. The molecule has 1 aromatic rings. The molecule has 0 bridgehead atoms. The average Bonchev–Trinajstić information content (AvgIpc) is 2.67.